The average molecular weight is 461 g/mol. The van der Waals surface area contributed by atoms with Crippen molar-refractivity contribution >= 4 is 11.8 Å². The van der Waals surface area contributed by atoms with Crippen LogP contribution in [-0.2, 0) is 29.0 Å². The van der Waals surface area contributed by atoms with Crippen molar-refractivity contribution < 1.29 is 14.0 Å². The first kappa shape index (κ1) is 25.2. The van der Waals surface area contributed by atoms with Crippen molar-refractivity contribution in [3.8, 4) is 0 Å². The molecule has 2 amide bonds. The van der Waals surface area contributed by atoms with Gasteiger partial charge in [0.25, 0.3) is 0 Å². The monoisotopic (exact) mass is 460 g/mol. The predicted octanol–water partition coefficient (Wildman–Crippen LogP) is 5.15. The SMILES string of the molecule is Cc1ccc(CC(=O)N(Cc2ccc(F)cc2)[C@@H](Cc2ccccc2)C(=O)NC(C)C)cc1C. The van der Waals surface area contributed by atoms with Gasteiger partial charge in [0.2, 0.25) is 11.8 Å². The molecule has 178 valence electrons. The number of amides is 2. The van der Waals surface area contributed by atoms with E-state index >= 15 is 0 Å². The van der Waals surface area contributed by atoms with Crippen molar-refractivity contribution in [3.63, 3.8) is 0 Å². The summed E-state index contributed by atoms with van der Waals surface area (Å²) in [5, 5.41) is 2.98. The van der Waals surface area contributed by atoms with E-state index in [2.05, 4.69) is 5.32 Å². The quantitative estimate of drug-likeness (QED) is 0.480. The van der Waals surface area contributed by atoms with Gasteiger partial charge in [-0.15, -0.1) is 0 Å². The molecule has 4 nitrogen and oxygen atoms in total. The highest BCUT2D eigenvalue weighted by atomic mass is 19.1. The number of carbonyl (C=O) groups is 2. The van der Waals surface area contributed by atoms with Gasteiger partial charge in [-0.1, -0.05) is 60.7 Å². The van der Waals surface area contributed by atoms with Gasteiger partial charge in [-0.25, -0.2) is 4.39 Å². The summed E-state index contributed by atoms with van der Waals surface area (Å²) in [6, 6.07) is 21.0. The van der Waals surface area contributed by atoms with Crippen LogP contribution >= 0.6 is 0 Å². The first-order valence-electron chi connectivity index (χ1n) is 11.7. The topological polar surface area (TPSA) is 49.4 Å². The van der Waals surface area contributed by atoms with Crippen molar-refractivity contribution in [1.82, 2.24) is 10.2 Å². The molecule has 1 atom stereocenters. The van der Waals surface area contributed by atoms with E-state index < -0.39 is 6.04 Å². The Balaban J connectivity index is 1.97. The lowest BCUT2D eigenvalue weighted by atomic mass is 10.00. The largest absolute Gasteiger partial charge is 0.352 e. The maximum absolute atomic E-state index is 13.7. The number of halogens is 1. The number of nitrogens with zero attached hydrogens (tertiary/aromatic N) is 1. The average Bonchev–Trinajstić information content (AvgIpc) is 2.80. The lowest BCUT2D eigenvalue weighted by Crippen LogP contribution is -2.52. The highest BCUT2D eigenvalue weighted by Crippen LogP contribution is 2.18. The molecule has 3 rings (SSSR count). The van der Waals surface area contributed by atoms with Gasteiger partial charge in [-0.05, 0) is 67.6 Å². The molecule has 0 radical (unpaired) electrons. The highest BCUT2D eigenvalue weighted by molar-refractivity contribution is 5.89. The van der Waals surface area contributed by atoms with E-state index in [9.17, 15) is 14.0 Å². The van der Waals surface area contributed by atoms with E-state index in [0.717, 1.165) is 27.8 Å². The lowest BCUT2D eigenvalue weighted by Gasteiger charge is -2.32. The number of carbonyl (C=O) groups excluding carboxylic acids is 2. The molecule has 0 saturated carbocycles. The number of aryl methyl sites for hydroxylation is 2. The first-order valence-corrected chi connectivity index (χ1v) is 11.7. The molecular weight excluding hydrogens is 427 g/mol. The third kappa shape index (κ3) is 7.01. The van der Waals surface area contributed by atoms with Gasteiger partial charge in [0, 0.05) is 19.0 Å². The molecule has 0 spiro atoms. The molecule has 3 aromatic carbocycles. The van der Waals surface area contributed by atoms with Gasteiger partial charge in [0.15, 0.2) is 0 Å². The third-order valence-corrected chi connectivity index (χ3v) is 5.89. The van der Waals surface area contributed by atoms with Crippen molar-refractivity contribution in [1.29, 1.82) is 0 Å². The van der Waals surface area contributed by atoms with E-state index in [1.807, 2.05) is 76.2 Å². The second-order valence-electron chi connectivity index (χ2n) is 9.11. The Labute approximate surface area is 201 Å². The van der Waals surface area contributed by atoms with Gasteiger partial charge in [0.1, 0.15) is 11.9 Å². The van der Waals surface area contributed by atoms with Crippen LogP contribution < -0.4 is 5.32 Å². The number of benzene rings is 3. The fourth-order valence-corrected chi connectivity index (χ4v) is 3.91. The Morgan fingerprint density at radius 3 is 2.12 bits per heavy atom. The lowest BCUT2D eigenvalue weighted by molar-refractivity contribution is -0.141. The summed E-state index contributed by atoms with van der Waals surface area (Å²) in [4.78, 5) is 28.6. The Hall–Kier alpha value is -3.47. The fraction of sp³-hybridized carbons (Fsp3) is 0.310. The molecule has 0 fully saturated rings. The summed E-state index contributed by atoms with van der Waals surface area (Å²) in [7, 11) is 0. The second-order valence-corrected chi connectivity index (χ2v) is 9.11. The predicted molar refractivity (Wildman–Crippen MR) is 134 cm³/mol. The second kappa shape index (κ2) is 11.6. The summed E-state index contributed by atoms with van der Waals surface area (Å²) >= 11 is 0. The van der Waals surface area contributed by atoms with Gasteiger partial charge >= 0.3 is 0 Å². The molecule has 1 N–H and O–H groups in total. The van der Waals surface area contributed by atoms with Gasteiger partial charge in [0.05, 0.1) is 6.42 Å². The van der Waals surface area contributed by atoms with Crippen LogP contribution in [0.2, 0.25) is 0 Å². The van der Waals surface area contributed by atoms with Crippen LogP contribution in [0.5, 0.6) is 0 Å². The molecule has 0 heterocycles. The van der Waals surface area contributed by atoms with Crippen molar-refractivity contribution in [3.05, 3.63) is 106 Å². The summed E-state index contributed by atoms with van der Waals surface area (Å²) in [6.45, 7) is 8.08. The van der Waals surface area contributed by atoms with E-state index in [1.165, 1.54) is 12.1 Å². The molecule has 0 aromatic heterocycles. The molecule has 0 aliphatic rings. The number of hydrogen-bond acceptors (Lipinski definition) is 2. The Morgan fingerprint density at radius 2 is 1.50 bits per heavy atom. The molecule has 0 unspecified atom stereocenters. The van der Waals surface area contributed by atoms with E-state index in [4.69, 9.17) is 0 Å². The van der Waals surface area contributed by atoms with Crippen LogP contribution in [0, 0.1) is 19.7 Å². The van der Waals surface area contributed by atoms with E-state index in [-0.39, 0.29) is 36.6 Å². The van der Waals surface area contributed by atoms with Crippen molar-refractivity contribution in [2.45, 2.75) is 59.2 Å². The fourth-order valence-electron chi connectivity index (χ4n) is 3.91. The van der Waals surface area contributed by atoms with E-state index in [0.29, 0.717) is 6.42 Å². The van der Waals surface area contributed by atoms with Crippen LogP contribution in [-0.4, -0.2) is 28.8 Å². The van der Waals surface area contributed by atoms with Gasteiger partial charge < -0.3 is 10.2 Å². The molecular formula is C29H33FN2O2. The maximum Gasteiger partial charge on any atom is 0.243 e. The first-order chi connectivity index (χ1) is 16.2. The zero-order valence-electron chi connectivity index (χ0n) is 20.3. The van der Waals surface area contributed by atoms with Crippen molar-refractivity contribution in [2.24, 2.45) is 0 Å². The zero-order valence-corrected chi connectivity index (χ0v) is 20.3. The summed E-state index contributed by atoms with van der Waals surface area (Å²) in [5.74, 6) is -0.683. The maximum atomic E-state index is 13.7. The summed E-state index contributed by atoms with van der Waals surface area (Å²) in [5.41, 5.74) is 4.92. The highest BCUT2D eigenvalue weighted by Gasteiger charge is 2.30. The van der Waals surface area contributed by atoms with Crippen molar-refractivity contribution in [2.75, 3.05) is 0 Å². The molecule has 0 bridgehead atoms. The summed E-state index contributed by atoms with van der Waals surface area (Å²) < 4.78 is 13.5. The minimum Gasteiger partial charge on any atom is -0.352 e. The van der Waals surface area contributed by atoms with Gasteiger partial charge in [-0.3, -0.25) is 9.59 Å². The number of hydrogen-bond donors (Lipinski definition) is 1. The van der Waals surface area contributed by atoms with Crippen LogP contribution in [0.1, 0.15) is 41.7 Å². The molecule has 34 heavy (non-hydrogen) atoms. The molecule has 0 saturated heterocycles. The van der Waals surface area contributed by atoms with E-state index in [1.54, 1.807) is 17.0 Å². The zero-order chi connectivity index (χ0) is 24.7. The molecule has 3 aromatic rings. The standard InChI is InChI=1S/C29H33FN2O2/c1-20(2)31-29(34)27(17-23-8-6-5-7-9-23)32(19-24-12-14-26(30)15-13-24)28(33)18-25-11-10-21(3)22(4)16-25/h5-16,20,27H,17-19H2,1-4H3,(H,31,34)/t27-/m0/s1. The van der Waals surface area contributed by atoms with Crippen LogP contribution in [0.3, 0.4) is 0 Å². The van der Waals surface area contributed by atoms with Crippen LogP contribution in [0.4, 0.5) is 4.39 Å². The van der Waals surface area contributed by atoms with Crippen LogP contribution in [0.25, 0.3) is 0 Å². The number of rotatable bonds is 9. The Morgan fingerprint density at radius 1 is 0.853 bits per heavy atom. The smallest absolute Gasteiger partial charge is 0.243 e. The third-order valence-electron chi connectivity index (χ3n) is 5.89. The van der Waals surface area contributed by atoms with Gasteiger partial charge in [-0.2, -0.15) is 0 Å². The minimum atomic E-state index is -0.700. The minimum absolute atomic E-state index is 0.0618. The Bertz CT molecular complexity index is 1110. The summed E-state index contributed by atoms with van der Waals surface area (Å²) in [6.07, 6.45) is 0.571. The van der Waals surface area contributed by atoms with Crippen LogP contribution in [0.15, 0.2) is 72.8 Å². The molecule has 0 aliphatic carbocycles. The Kier molecular flexibility index (Phi) is 8.58. The number of nitrogens with one attached hydrogen (secondary N) is 1. The normalized spacial score (nSPS) is 11.8. The molecule has 0 aliphatic heterocycles. The molecule has 5 heteroatoms.